The van der Waals surface area contributed by atoms with Crippen molar-refractivity contribution in [3.8, 4) is 0 Å². The minimum absolute atomic E-state index is 0.0190. The van der Waals surface area contributed by atoms with Crippen molar-refractivity contribution in [2.45, 2.75) is 31.8 Å². The highest BCUT2D eigenvalue weighted by Crippen LogP contribution is 2.25. The minimum atomic E-state index is -3.79. The van der Waals surface area contributed by atoms with Gasteiger partial charge >= 0.3 is 5.97 Å². The number of sulfonamides is 1. The molecule has 0 N–H and O–H groups in total. The molecule has 1 aromatic carbocycles. The van der Waals surface area contributed by atoms with Gasteiger partial charge in [0.15, 0.2) is 12.4 Å². The van der Waals surface area contributed by atoms with E-state index in [9.17, 15) is 13.2 Å². The van der Waals surface area contributed by atoms with E-state index >= 15 is 0 Å². The molecule has 142 valence electrons. The molecule has 0 saturated heterocycles. The molecular weight excluding hydrogens is 382 g/mol. The van der Waals surface area contributed by atoms with Gasteiger partial charge in [-0.3, -0.25) is 0 Å². The molecule has 1 heterocycles. The monoisotopic (exact) mass is 401 g/mol. The predicted molar refractivity (Wildman–Crippen MR) is 94.3 cm³/mol. The summed E-state index contributed by atoms with van der Waals surface area (Å²) in [6.07, 6.45) is 0.653. The maximum atomic E-state index is 12.3. The number of hydrogen-bond acceptors (Lipinski definition) is 7. The zero-order chi connectivity index (χ0) is 19.5. The third-order valence-electron chi connectivity index (χ3n) is 3.35. The first kappa shape index (κ1) is 20.3. The Kier molecular flexibility index (Phi) is 6.38. The zero-order valence-electron chi connectivity index (χ0n) is 14.9. The maximum Gasteiger partial charge on any atom is 0.338 e. The Labute approximate surface area is 157 Å². The molecule has 26 heavy (non-hydrogen) atoms. The number of halogens is 1. The molecule has 0 atom stereocenters. The van der Waals surface area contributed by atoms with Crippen LogP contribution in [0, 0.1) is 5.92 Å². The van der Waals surface area contributed by atoms with E-state index in [2.05, 4.69) is 10.1 Å². The average Bonchev–Trinajstić information content (AvgIpc) is 2.99. The van der Waals surface area contributed by atoms with Crippen molar-refractivity contribution >= 4 is 27.6 Å². The second-order valence-electron chi connectivity index (χ2n) is 6.21. The van der Waals surface area contributed by atoms with Gasteiger partial charge in [0.1, 0.15) is 4.90 Å². The molecule has 0 fully saturated rings. The SMILES string of the molecule is CC(C)Cc1noc(COC(=O)c2ccc(Cl)c(S(=O)(=O)N(C)C)c2)n1. The predicted octanol–water partition coefficient (Wildman–Crippen LogP) is 2.53. The van der Waals surface area contributed by atoms with Crippen LogP contribution in [0.1, 0.15) is 35.9 Å². The van der Waals surface area contributed by atoms with E-state index < -0.39 is 16.0 Å². The zero-order valence-corrected chi connectivity index (χ0v) is 16.5. The molecule has 0 saturated carbocycles. The lowest BCUT2D eigenvalue weighted by Gasteiger charge is -2.13. The first-order chi connectivity index (χ1) is 12.1. The lowest BCUT2D eigenvalue weighted by Crippen LogP contribution is -2.23. The molecule has 10 heteroatoms. The fraction of sp³-hybridized carbons (Fsp3) is 0.438. The van der Waals surface area contributed by atoms with Gasteiger partial charge in [0, 0.05) is 20.5 Å². The molecule has 0 aliphatic rings. The van der Waals surface area contributed by atoms with Gasteiger partial charge in [0.25, 0.3) is 5.89 Å². The summed E-state index contributed by atoms with van der Waals surface area (Å²) < 4.78 is 35.7. The Balaban J connectivity index is 2.12. The van der Waals surface area contributed by atoms with E-state index in [0.717, 1.165) is 4.31 Å². The maximum absolute atomic E-state index is 12.3. The topological polar surface area (TPSA) is 103 Å². The van der Waals surface area contributed by atoms with Crippen LogP contribution in [0.3, 0.4) is 0 Å². The highest BCUT2D eigenvalue weighted by molar-refractivity contribution is 7.89. The van der Waals surface area contributed by atoms with Crippen LogP contribution in [0.4, 0.5) is 0 Å². The number of esters is 1. The molecule has 0 aliphatic carbocycles. The molecular formula is C16H20ClN3O5S. The molecule has 1 aromatic heterocycles. The Hall–Kier alpha value is -1.97. The Morgan fingerprint density at radius 2 is 2.04 bits per heavy atom. The molecule has 0 spiro atoms. The normalized spacial score (nSPS) is 12.0. The van der Waals surface area contributed by atoms with Crippen LogP contribution in [0.25, 0.3) is 0 Å². The lowest BCUT2D eigenvalue weighted by atomic mass is 10.1. The lowest BCUT2D eigenvalue weighted by molar-refractivity contribution is 0.0429. The van der Waals surface area contributed by atoms with Crippen LogP contribution in [0.2, 0.25) is 5.02 Å². The van der Waals surface area contributed by atoms with Crippen LogP contribution >= 0.6 is 11.6 Å². The molecule has 0 amide bonds. The summed E-state index contributed by atoms with van der Waals surface area (Å²) in [4.78, 5) is 16.2. The van der Waals surface area contributed by atoms with E-state index in [4.69, 9.17) is 20.9 Å². The van der Waals surface area contributed by atoms with Crippen molar-refractivity contribution in [3.63, 3.8) is 0 Å². The summed E-state index contributed by atoms with van der Waals surface area (Å²) in [7, 11) is -1.03. The molecule has 8 nitrogen and oxygen atoms in total. The first-order valence-corrected chi connectivity index (χ1v) is 9.63. The second kappa shape index (κ2) is 8.15. The van der Waals surface area contributed by atoms with E-state index in [1.54, 1.807) is 0 Å². The third-order valence-corrected chi connectivity index (χ3v) is 5.65. The van der Waals surface area contributed by atoms with Gasteiger partial charge in [-0.25, -0.2) is 17.5 Å². The summed E-state index contributed by atoms with van der Waals surface area (Å²) >= 11 is 5.96. The standard InChI is InChI=1S/C16H20ClN3O5S/c1-10(2)7-14-18-15(25-19-14)9-24-16(21)11-5-6-12(17)13(8-11)26(22,23)20(3)4/h5-6,8,10H,7,9H2,1-4H3. The second-order valence-corrected chi connectivity index (χ2v) is 8.74. The summed E-state index contributed by atoms with van der Waals surface area (Å²) in [6.45, 7) is 3.84. The van der Waals surface area contributed by atoms with Gasteiger partial charge in [-0.1, -0.05) is 30.6 Å². The summed E-state index contributed by atoms with van der Waals surface area (Å²) in [5.74, 6) is 0.357. The average molecular weight is 402 g/mol. The van der Waals surface area contributed by atoms with Crippen molar-refractivity contribution < 1.29 is 22.5 Å². The fourth-order valence-electron chi connectivity index (χ4n) is 2.03. The van der Waals surface area contributed by atoms with Crippen molar-refractivity contribution in [2.75, 3.05) is 14.1 Å². The van der Waals surface area contributed by atoms with Crippen molar-refractivity contribution in [3.05, 3.63) is 40.5 Å². The number of carbonyl (C=O) groups excluding carboxylic acids is 1. The van der Waals surface area contributed by atoms with Gasteiger partial charge in [0.05, 0.1) is 10.6 Å². The summed E-state index contributed by atoms with van der Waals surface area (Å²) in [5, 5.41) is 3.82. The van der Waals surface area contributed by atoms with Crippen LogP contribution < -0.4 is 0 Å². The number of hydrogen-bond donors (Lipinski definition) is 0. The highest BCUT2D eigenvalue weighted by Gasteiger charge is 2.23. The summed E-state index contributed by atoms with van der Waals surface area (Å²) in [6, 6.07) is 3.90. The van der Waals surface area contributed by atoms with Gasteiger partial charge in [-0.2, -0.15) is 4.98 Å². The number of rotatable bonds is 7. The molecule has 0 unspecified atom stereocenters. The van der Waals surface area contributed by atoms with E-state index in [1.165, 1.54) is 32.3 Å². The number of benzene rings is 1. The molecule has 0 bridgehead atoms. The Morgan fingerprint density at radius 1 is 1.35 bits per heavy atom. The quantitative estimate of drug-likeness (QED) is 0.656. The van der Waals surface area contributed by atoms with E-state index in [0.29, 0.717) is 18.2 Å². The molecule has 0 aliphatic heterocycles. The van der Waals surface area contributed by atoms with Crippen LogP contribution in [0.5, 0.6) is 0 Å². The Morgan fingerprint density at radius 3 is 2.65 bits per heavy atom. The highest BCUT2D eigenvalue weighted by atomic mass is 35.5. The minimum Gasteiger partial charge on any atom is -0.452 e. The fourth-order valence-corrected chi connectivity index (χ4v) is 3.43. The van der Waals surface area contributed by atoms with Gasteiger partial charge in [0.2, 0.25) is 10.0 Å². The van der Waals surface area contributed by atoms with E-state index in [1.807, 2.05) is 13.8 Å². The number of nitrogens with zero attached hydrogens (tertiary/aromatic N) is 3. The number of carbonyl (C=O) groups is 1. The summed E-state index contributed by atoms with van der Waals surface area (Å²) in [5.41, 5.74) is 0.0525. The Bertz CT molecular complexity index is 893. The number of ether oxygens (including phenoxy) is 1. The van der Waals surface area contributed by atoms with Crippen LogP contribution in [-0.2, 0) is 27.8 Å². The van der Waals surface area contributed by atoms with Crippen molar-refractivity contribution in [1.29, 1.82) is 0 Å². The first-order valence-electron chi connectivity index (χ1n) is 7.82. The van der Waals surface area contributed by atoms with Gasteiger partial charge < -0.3 is 9.26 Å². The van der Waals surface area contributed by atoms with Gasteiger partial charge in [-0.15, -0.1) is 0 Å². The van der Waals surface area contributed by atoms with E-state index in [-0.39, 0.29) is 28.0 Å². The van der Waals surface area contributed by atoms with Crippen molar-refractivity contribution in [1.82, 2.24) is 14.4 Å². The smallest absolute Gasteiger partial charge is 0.338 e. The van der Waals surface area contributed by atoms with Crippen LogP contribution in [0.15, 0.2) is 27.6 Å². The molecule has 2 rings (SSSR count). The molecule has 2 aromatic rings. The van der Waals surface area contributed by atoms with Crippen molar-refractivity contribution in [2.24, 2.45) is 5.92 Å². The molecule has 0 radical (unpaired) electrons. The third kappa shape index (κ3) is 4.80. The van der Waals surface area contributed by atoms with Crippen LogP contribution in [-0.4, -0.2) is 42.9 Å². The van der Waals surface area contributed by atoms with Gasteiger partial charge in [-0.05, 0) is 24.1 Å². The number of aromatic nitrogens is 2. The largest absolute Gasteiger partial charge is 0.452 e.